The molecular formula is C48H40Cl2F3N5O5. The molecule has 2 N–H and O–H groups in total. The average molecular weight is 895 g/mol. The first-order valence-electron chi connectivity index (χ1n) is 20.9. The molecule has 4 heterocycles. The van der Waals surface area contributed by atoms with E-state index in [9.17, 15) is 27.9 Å². The number of aromatic hydroxyl groups is 1. The second-order valence-electron chi connectivity index (χ2n) is 17.2. The Morgan fingerprint density at radius 1 is 0.841 bits per heavy atom. The van der Waals surface area contributed by atoms with E-state index >= 15 is 9.59 Å². The Morgan fingerprint density at radius 3 is 2.27 bits per heavy atom. The summed E-state index contributed by atoms with van der Waals surface area (Å²) in [6.45, 7) is 2.16. The van der Waals surface area contributed by atoms with Crippen molar-refractivity contribution >= 4 is 63.4 Å². The van der Waals surface area contributed by atoms with Crippen molar-refractivity contribution in [2.24, 2.45) is 23.7 Å². The lowest BCUT2D eigenvalue weighted by atomic mass is 9.49. The summed E-state index contributed by atoms with van der Waals surface area (Å²) in [5.74, 6) is -7.06. The van der Waals surface area contributed by atoms with Crippen LogP contribution in [0.5, 0.6) is 5.75 Å². The number of carbonyl (C=O) groups is 4. The number of nitrogens with one attached hydrogen (secondary N) is 1. The van der Waals surface area contributed by atoms with Crippen LogP contribution in [-0.2, 0) is 37.3 Å². The normalized spacial score (nSPS) is 26.5. The molecule has 4 fully saturated rings. The fourth-order valence-corrected chi connectivity index (χ4v) is 11.5. The number of anilines is 1. The van der Waals surface area contributed by atoms with E-state index < -0.39 is 63.6 Å². The van der Waals surface area contributed by atoms with E-state index in [0.29, 0.717) is 65.3 Å². The maximum atomic E-state index is 15.6. The van der Waals surface area contributed by atoms with Gasteiger partial charge in [0.2, 0.25) is 11.8 Å². The van der Waals surface area contributed by atoms with Gasteiger partial charge in [0, 0.05) is 53.8 Å². The number of alkyl halides is 3. The molecule has 10 rings (SSSR count). The lowest BCUT2D eigenvalue weighted by Gasteiger charge is -2.50. The number of piperidine rings is 1. The molecule has 0 spiro atoms. The van der Waals surface area contributed by atoms with Crippen molar-refractivity contribution in [3.63, 3.8) is 0 Å². The number of pyridine rings is 1. The van der Waals surface area contributed by atoms with E-state index in [4.69, 9.17) is 23.2 Å². The van der Waals surface area contributed by atoms with E-state index in [1.165, 1.54) is 10.5 Å². The number of likely N-dealkylation sites (tertiary alicyclic amines) is 2. The highest BCUT2D eigenvalue weighted by Crippen LogP contribution is 2.65. The number of phenols is 1. The Kier molecular flexibility index (Phi) is 10.1. The van der Waals surface area contributed by atoms with Crippen molar-refractivity contribution in [1.82, 2.24) is 19.8 Å². The summed E-state index contributed by atoms with van der Waals surface area (Å²) in [4.78, 5) is 67.8. The Balaban J connectivity index is 1.08. The quantitative estimate of drug-likeness (QED) is 0.123. The van der Waals surface area contributed by atoms with Gasteiger partial charge in [-0.25, -0.2) is 4.98 Å². The molecule has 4 amide bonds. The molecular weight excluding hydrogens is 854 g/mol. The lowest BCUT2D eigenvalue weighted by molar-refractivity contribution is -0.144. The molecule has 3 saturated heterocycles. The van der Waals surface area contributed by atoms with Crippen LogP contribution < -0.4 is 5.43 Å². The number of carbonyl (C=O) groups excluding carboxylic acids is 4. The highest BCUT2D eigenvalue weighted by Gasteiger charge is 2.71. The summed E-state index contributed by atoms with van der Waals surface area (Å²) in [7, 11) is 0. The monoisotopic (exact) mass is 893 g/mol. The number of hydrogen-bond donors (Lipinski definition) is 2. The topological polar surface area (TPSA) is 123 Å². The predicted molar refractivity (Wildman–Crippen MR) is 229 cm³/mol. The van der Waals surface area contributed by atoms with Crippen LogP contribution in [-0.4, -0.2) is 67.7 Å². The Labute approximate surface area is 370 Å². The van der Waals surface area contributed by atoms with Crippen LogP contribution in [0.4, 0.5) is 19.0 Å². The SMILES string of the molecule is O=C1[C@@H]2C[C@@H]3C(=CC[C@@H]4C(=O)N(C5CCN(Cc6ccccc6)CC5)C(=O)[C@@H]43)[C@H](c3ccc4ccccc4c3O)[C@]2(c2ccc(Cl)cc2)C(=O)N1Nc1ncc(C(F)(F)F)cc1Cl. The summed E-state index contributed by atoms with van der Waals surface area (Å²) >= 11 is 12.8. The summed E-state index contributed by atoms with van der Waals surface area (Å²) in [5.41, 5.74) is 2.29. The third kappa shape index (κ3) is 6.61. The van der Waals surface area contributed by atoms with E-state index in [-0.39, 0.29) is 42.3 Å². The molecule has 3 aliphatic heterocycles. The second kappa shape index (κ2) is 15.5. The maximum Gasteiger partial charge on any atom is 0.417 e. The number of halogens is 5. The van der Waals surface area contributed by atoms with Gasteiger partial charge in [0.05, 0.1) is 33.8 Å². The minimum absolute atomic E-state index is 0.0280. The Bertz CT molecular complexity index is 2730. The number of phenolic OH excluding ortho intramolecular Hbond substituents is 1. The van der Waals surface area contributed by atoms with Gasteiger partial charge < -0.3 is 5.11 Å². The number of nitrogens with zero attached hydrogens (tertiary/aromatic N) is 4. The molecule has 1 saturated carbocycles. The van der Waals surface area contributed by atoms with Crippen LogP contribution in [0.25, 0.3) is 10.8 Å². The van der Waals surface area contributed by atoms with Crippen LogP contribution in [0.15, 0.2) is 115 Å². The summed E-state index contributed by atoms with van der Waals surface area (Å²) < 4.78 is 40.9. The number of benzene rings is 4. The molecule has 10 nitrogen and oxygen atoms in total. The number of rotatable bonds is 7. The number of amides is 4. The van der Waals surface area contributed by atoms with Gasteiger partial charge in [0.15, 0.2) is 5.82 Å². The summed E-state index contributed by atoms with van der Waals surface area (Å²) in [6, 6.07) is 27.7. The fourth-order valence-electron chi connectivity index (χ4n) is 11.2. The third-order valence-corrected chi connectivity index (χ3v) is 14.5. The van der Waals surface area contributed by atoms with Crippen LogP contribution in [0, 0.1) is 23.7 Å². The molecule has 5 aliphatic rings. The molecule has 0 unspecified atom stereocenters. The molecule has 4 aromatic carbocycles. The van der Waals surface area contributed by atoms with Crippen molar-refractivity contribution in [1.29, 1.82) is 0 Å². The molecule has 1 aromatic heterocycles. The number of allylic oxidation sites excluding steroid dienone is 2. The van der Waals surface area contributed by atoms with Gasteiger partial charge in [-0.15, -0.1) is 0 Å². The van der Waals surface area contributed by atoms with Gasteiger partial charge in [-0.05, 0) is 66.3 Å². The summed E-state index contributed by atoms with van der Waals surface area (Å²) in [5, 5.41) is 14.1. The highest BCUT2D eigenvalue weighted by atomic mass is 35.5. The number of hydrazine groups is 1. The molecule has 15 heteroatoms. The van der Waals surface area contributed by atoms with Crippen LogP contribution in [0.2, 0.25) is 10.0 Å². The fraction of sp³-hybridized carbons (Fsp3) is 0.312. The lowest BCUT2D eigenvalue weighted by Crippen LogP contribution is -2.53. The standard InChI is InChI=1S/C48H40Cl2F3N5O5/c49-30-13-11-28(12-14-30)47-37(44(61)58(46(47)63)55-42-38(50)22-29(24-54-42)48(51,52)53)23-36-33(40(47)35-15-10-27-8-4-5-9-32(27)41(35)59)16-17-34-39(36)45(62)57(43(34)60)31-18-20-56(21-19-31)25-26-6-2-1-3-7-26/h1-16,22,24,31,34,36-37,39-40,59H,17-21,23,25H2,(H,54,55)/t34-,36+,37-,39-,40+,47+/m0/s1. The van der Waals surface area contributed by atoms with Crippen molar-refractivity contribution in [2.75, 3.05) is 18.5 Å². The third-order valence-electron chi connectivity index (χ3n) is 14.0. The number of fused-ring (bicyclic) bond motifs is 5. The molecule has 6 atom stereocenters. The van der Waals surface area contributed by atoms with Crippen molar-refractivity contribution in [3.8, 4) is 5.75 Å². The minimum Gasteiger partial charge on any atom is -0.507 e. The maximum absolute atomic E-state index is 15.6. The van der Waals surface area contributed by atoms with E-state index in [0.717, 1.165) is 16.9 Å². The van der Waals surface area contributed by atoms with Crippen molar-refractivity contribution in [2.45, 2.75) is 55.8 Å². The molecule has 0 bridgehead atoms. The van der Waals surface area contributed by atoms with Crippen LogP contribution in [0.1, 0.15) is 53.9 Å². The van der Waals surface area contributed by atoms with Gasteiger partial charge in [0.1, 0.15) is 5.75 Å². The second-order valence-corrected chi connectivity index (χ2v) is 18.0. The molecule has 0 radical (unpaired) electrons. The first kappa shape index (κ1) is 41.3. The number of aromatic nitrogens is 1. The zero-order valence-corrected chi connectivity index (χ0v) is 35.1. The van der Waals surface area contributed by atoms with Crippen molar-refractivity contribution < 1.29 is 37.5 Å². The summed E-state index contributed by atoms with van der Waals surface area (Å²) in [6.07, 6.45) is -0.896. The zero-order chi connectivity index (χ0) is 43.9. The van der Waals surface area contributed by atoms with Crippen LogP contribution >= 0.6 is 23.2 Å². The zero-order valence-electron chi connectivity index (χ0n) is 33.6. The van der Waals surface area contributed by atoms with E-state index in [1.54, 1.807) is 42.5 Å². The van der Waals surface area contributed by atoms with E-state index in [2.05, 4.69) is 27.4 Å². The number of imide groups is 2. The predicted octanol–water partition coefficient (Wildman–Crippen LogP) is 8.92. The molecule has 63 heavy (non-hydrogen) atoms. The molecule has 322 valence electrons. The van der Waals surface area contributed by atoms with Gasteiger partial charge in [-0.2, -0.15) is 18.2 Å². The minimum atomic E-state index is -4.76. The highest BCUT2D eigenvalue weighted by molar-refractivity contribution is 6.33. The largest absolute Gasteiger partial charge is 0.507 e. The Morgan fingerprint density at radius 2 is 1.56 bits per heavy atom. The first-order valence-corrected chi connectivity index (χ1v) is 21.7. The molecule has 2 aliphatic carbocycles. The van der Waals surface area contributed by atoms with Crippen LogP contribution in [0.3, 0.4) is 0 Å². The average Bonchev–Trinajstić information content (AvgIpc) is 3.65. The van der Waals surface area contributed by atoms with Gasteiger partial charge in [-0.3, -0.25) is 34.4 Å². The van der Waals surface area contributed by atoms with Gasteiger partial charge in [0.25, 0.3) is 11.8 Å². The smallest absolute Gasteiger partial charge is 0.417 e. The van der Waals surface area contributed by atoms with Gasteiger partial charge in [-0.1, -0.05) is 114 Å². The number of hydrogen-bond acceptors (Lipinski definition) is 8. The van der Waals surface area contributed by atoms with E-state index in [1.807, 2.05) is 42.5 Å². The first-order chi connectivity index (χ1) is 30.3. The van der Waals surface area contributed by atoms with Crippen molar-refractivity contribution in [3.05, 3.63) is 147 Å². The molecule has 5 aromatic rings. The van der Waals surface area contributed by atoms with Gasteiger partial charge >= 0.3 is 6.18 Å². The Hall–Kier alpha value is -5.76.